The molecular weight excluding hydrogens is 266 g/mol. The number of ether oxygens (including phenoxy) is 1. The molecule has 1 N–H and O–H groups in total. The van der Waals surface area contributed by atoms with Gasteiger partial charge in [-0.2, -0.15) is 0 Å². The number of rotatable bonds is 2. The third-order valence-electron chi connectivity index (χ3n) is 4.98. The summed E-state index contributed by atoms with van der Waals surface area (Å²) >= 11 is 0. The van der Waals surface area contributed by atoms with Gasteiger partial charge in [-0.1, -0.05) is 19.8 Å². The molecule has 1 saturated carbocycles. The van der Waals surface area contributed by atoms with Gasteiger partial charge < -0.3 is 14.7 Å². The summed E-state index contributed by atoms with van der Waals surface area (Å²) in [5, 5.41) is 10.3. The van der Waals surface area contributed by atoms with Crippen molar-refractivity contribution < 1.29 is 14.6 Å². The van der Waals surface area contributed by atoms with Gasteiger partial charge in [0.05, 0.1) is 6.10 Å². The smallest absolute Gasteiger partial charge is 0.410 e. The number of carbonyl (C=O) groups is 1. The molecule has 1 heterocycles. The van der Waals surface area contributed by atoms with Crippen LogP contribution < -0.4 is 0 Å². The van der Waals surface area contributed by atoms with Crippen LogP contribution in [0.25, 0.3) is 0 Å². The Kier molecular flexibility index (Phi) is 5.18. The van der Waals surface area contributed by atoms with E-state index < -0.39 is 5.60 Å². The molecule has 2 fully saturated rings. The first-order chi connectivity index (χ1) is 9.81. The van der Waals surface area contributed by atoms with Crippen LogP contribution in [0, 0.1) is 11.8 Å². The SMILES string of the molecule is CCC1CCN(C(=O)OC(C)(C)C)C(C2CCCC2O)C1. The monoisotopic (exact) mass is 297 g/mol. The fraction of sp³-hybridized carbons (Fsp3) is 0.941. The van der Waals surface area contributed by atoms with E-state index in [0.717, 1.165) is 45.1 Å². The predicted octanol–water partition coefficient (Wildman–Crippen LogP) is 3.57. The van der Waals surface area contributed by atoms with Crippen molar-refractivity contribution >= 4 is 6.09 Å². The number of nitrogens with zero attached hydrogens (tertiary/aromatic N) is 1. The van der Waals surface area contributed by atoms with Crippen LogP contribution in [-0.4, -0.2) is 40.4 Å². The van der Waals surface area contributed by atoms with Gasteiger partial charge >= 0.3 is 6.09 Å². The number of aliphatic hydroxyl groups excluding tert-OH is 1. The molecule has 122 valence electrons. The molecule has 4 atom stereocenters. The van der Waals surface area contributed by atoms with Crippen molar-refractivity contribution in [1.29, 1.82) is 0 Å². The summed E-state index contributed by atoms with van der Waals surface area (Å²) in [7, 11) is 0. The van der Waals surface area contributed by atoms with E-state index in [1.54, 1.807) is 0 Å². The lowest BCUT2D eigenvalue weighted by Crippen LogP contribution is -2.52. The van der Waals surface area contributed by atoms with E-state index >= 15 is 0 Å². The van der Waals surface area contributed by atoms with E-state index in [-0.39, 0.29) is 24.2 Å². The molecule has 0 aromatic heterocycles. The van der Waals surface area contributed by atoms with E-state index in [4.69, 9.17) is 4.74 Å². The summed E-state index contributed by atoms with van der Waals surface area (Å²) < 4.78 is 5.58. The van der Waals surface area contributed by atoms with Gasteiger partial charge in [0, 0.05) is 18.5 Å². The minimum Gasteiger partial charge on any atom is -0.444 e. The highest BCUT2D eigenvalue weighted by Gasteiger charge is 2.42. The summed E-state index contributed by atoms with van der Waals surface area (Å²) in [5.41, 5.74) is -0.461. The van der Waals surface area contributed by atoms with Crippen molar-refractivity contribution in [2.24, 2.45) is 11.8 Å². The maximum atomic E-state index is 12.5. The molecule has 0 radical (unpaired) electrons. The first kappa shape index (κ1) is 16.6. The zero-order valence-corrected chi connectivity index (χ0v) is 14.0. The minimum absolute atomic E-state index is 0.149. The number of hydrogen-bond donors (Lipinski definition) is 1. The molecule has 4 nitrogen and oxygen atoms in total. The van der Waals surface area contributed by atoms with Crippen LogP contribution in [-0.2, 0) is 4.74 Å². The van der Waals surface area contributed by atoms with E-state index in [9.17, 15) is 9.90 Å². The van der Waals surface area contributed by atoms with Gasteiger partial charge in [0.15, 0.2) is 0 Å². The van der Waals surface area contributed by atoms with Crippen LogP contribution >= 0.6 is 0 Å². The number of carbonyl (C=O) groups excluding carboxylic acids is 1. The molecule has 1 aliphatic heterocycles. The highest BCUT2D eigenvalue weighted by Crippen LogP contribution is 2.38. The second-order valence-corrected chi connectivity index (χ2v) is 7.70. The molecule has 0 aromatic carbocycles. The third kappa shape index (κ3) is 4.12. The fourth-order valence-corrected chi connectivity index (χ4v) is 3.82. The largest absolute Gasteiger partial charge is 0.444 e. The van der Waals surface area contributed by atoms with Gasteiger partial charge in [0.25, 0.3) is 0 Å². The van der Waals surface area contributed by atoms with Crippen LogP contribution in [0.3, 0.4) is 0 Å². The molecule has 2 aliphatic rings. The zero-order valence-electron chi connectivity index (χ0n) is 14.0. The standard InChI is InChI=1S/C17H31NO3/c1-5-12-9-10-18(16(20)21-17(2,3)4)14(11-12)13-7-6-8-15(13)19/h12-15,19H,5-11H2,1-4H3. The molecule has 21 heavy (non-hydrogen) atoms. The van der Waals surface area contributed by atoms with Crippen molar-refractivity contribution in [3.05, 3.63) is 0 Å². The summed E-state index contributed by atoms with van der Waals surface area (Å²) in [6.07, 6.45) is 5.73. The number of piperidine rings is 1. The van der Waals surface area contributed by atoms with E-state index in [2.05, 4.69) is 6.92 Å². The quantitative estimate of drug-likeness (QED) is 0.847. The van der Waals surface area contributed by atoms with Crippen molar-refractivity contribution in [3.8, 4) is 0 Å². The fourth-order valence-electron chi connectivity index (χ4n) is 3.82. The molecule has 1 amide bonds. The lowest BCUT2D eigenvalue weighted by Gasteiger charge is -2.43. The second kappa shape index (κ2) is 6.55. The van der Waals surface area contributed by atoms with Gasteiger partial charge in [-0.15, -0.1) is 0 Å². The second-order valence-electron chi connectivity index (χ2n) is 7.70. The van der Waals surface area contributed by atoms with E-state index in [1.165, 1.54) is 0 Å². The molecule has 0 bridgehead atoms. The molecule has 4 unspecified atom stereocenters. The van der Waals surface area contributed by atoms with Gasteiger partial charge in [-0.05, 0) is 52.4 Å². The highest BCUT2D eigenvalue weighted by atomic mass is 16.6. The maximum absolute atomic E-state index is 12.5. The Hall–Kier alpha value is -0.770. The highest BCUT2D eigenvalue weighted by molar-refractivity contribution is 5.68. The van der Waals surface area contributed by atoms with Crippen LogP contribution in [0.2, 0.25) is 0 Å². The average molecular weight is 297 g/mol. The summed E-state index contributed by atoms with van der Waals surface area (Å²) in [6.45, 7) is 8.70. The van der Waals surface area contributed by atoms with Gasteiger partial charge in [0.1, 0.15) is 5.60 Å². The van der Waals surface area contributed by atoms with Gasteiger partial charge in [-0.25, -0.2) is 4.79 Å². The third-order valence-corrected chi connectivity index (χ3v) is 4.98. The Bertz CT molecular complexity index is 364. The Labute approximate surface area is 128 Å². The summed E-state index contributed by atoms with van der Waals surface area (Å²) in [6, 6.07) is 0.149. The van der Waals surface area contributed by atoms with Crippen LogP contribution in [0.15, 0.2) is 0 Å². The summed E-state index contributed by atoms with van der Waals surface area (Å²) in [4.78, 5) is 14.4. The van der Waals surface area contributed by atoms with E-state index in [0.29, 0.717) is 5.92 Å². The lowest BCUT2D eigenvalue weighted by molar-refractivity contribution is -0.0184. The predicted molar refractivity (Wildman–Crippen MR) is 83.1 cm³/mol. The van der Waals surface area contributed by atoms with Crippen molar-refractivity contribution in [1.82, 2.24) is 4.90 Å². The average Bonchev–Trinajstić information content (AvgIpc) is 2.82. The Morgan fingerprint density at radius 1 is 1.29 bits per heavy atom. The topological polar surface area (TPSA) is 49.8 Å². The van der Waals surface area contributed by atoms with Crippen LogP contribution in [0.1, 0.15) is 66.2 Å². The van der Waals surface area contributed by atoms with Gasteiger partial charge in [-0.3, -0.25) is 0 Å². The van der Waals surface area contributed by atoms with Crippen molar-refractivity contribution in [3.63, 3.8) is 0 Å². The molecule has 0 aromatic rings. The van der Waals surface area contributed by atoms with Crippen LogP contribution in [0.4, 0.5) is 4.79 Å². The van der Waals surface area contributed by atoms with E-state index in [1.807, 2.05) is 25.7 Å². The Morgan fingerprint density at radius 2 is 2.00 bits per heavy atom. The molecule has 2 rings (SSSR count). The minimum atomic E-state index is -0.461. The number of hydrogen-bond acceptors (Lipinski definition) is 3. The molecule has 1 aliphatic carbocycles. The molecular formula is C17H31NO3. The van der Waals surface area contributed by atoms with Crippen molar-refractivity contribution in [2.45, 2.75) is 84.0 Å². The maximum Gasteiger partial charge on any atom is 0.410 e. The number of aliphatic hydroxyl groups is 1. The summed E-state index contributed by atoms with van der Waals surface area (Å²) in [5.74, 6) is 0.897. The van der Waals surface area contributed by atoms with Gasteiger partial charge in [0.2, 0.25) is 0 Å². The van der Waals surface area contributed by atoms with Crippen LogP contribution in [0.5, 0.6) is 0 Å². The normalized spacial score (nSPS) is 34.0. The molecule has 1 saturated heterocycles. The zero-order chi connectivity index (χ0) is 15.6. The van der Waals surface area contributed by atoms with Crippen molar-refractivity contribution in [2.75, 3.05) is 6.54 Å². The molecule has 0 spiro atoms. The lowest BCUT2D eigenvalue weighted by atomic mass is 9.81. The molecule has 4 heteroatoms. The number of likely N-dealkylation sites (tertiary alicyclic amines) is 1. The Balaban J connectivity index is 2.11. The Morgan fingerprint density at radius 3 is 2.52 bits per heavy atom. The first-order valence-corrected chi connectivity index (χ1v) is 8.49. The first-order valence-electron chi connectivity index (χ1n) is 8.49. The number of amides is 1.